The van der Waals surface area contributed by atoms with Crippen molar-refractivity contribution in [1.29, 1.82) is 0 Å². The van der Waals surface area contributed by atoms with Crippen molar-refractivity contribution in [2.45, 2.75) is 20.0 Å². The van der Waals surface area contributed by atoms with E-state index in [1.807, 2.05) is 17.8 Å². The molecule has 2 rings (SSSR count). The molecule has 6 heteroatoms. The number of carboxylic acid groups (broad SMARTS) is 1. The first-order valence-electron chi connectivity index (χ1n) is 5.26. The molecule has 2 heterocycles. The van der Waals surface area contributed by atoms with Gasteiger partial charge in [0.05, 0.1) is 17.4 Å². The van der Waals surface area contributed by atoms with Crippen LogP contribution in [0.5, 0.6) is 0 Å². The molecule has 0 aromatic carbocycles. The van der Waals surface area contributed by atoms with Crippen LogP contribution in [0.25, 0.3) is 0 Å². The number of aromatic carboxylic acids is 1. The van der Waals surface area contributed by atoms with Crippen molar-refractivity contribution >= 4 is 23.0 Å². The Hall–Kier alpha value is -1.82. The first kappa shape index (κ1) is 11.7. The predicted octanol–water partition coefficient (Wildman–Crippen LogP) is 2.27. The second-order valence-corrected chi connectivity index (χ2v) is 4.54. The Balaban J connectivity index is 1.94. The van der Waals surface area contributed by atoms with E-state index < -0.39 is 5.97 Å². The molecule has 2 N–H and O–H groups in total. The highest BCUT2D eigenvalue weighted by molar-refractivity contribution is 7.10. The number of carbonyl (C=O) groups is 1. The largest absolute Gasteiger partial charge is 0.478 e. The van der Waals surface area contributed by atoms with Crippen LogP contribution in [0.15, 0.2) is 23.8 Å². The maximum Gasteiger partial charge on any atom is 0.336 e. The van der Waals surface area contributed by atoms with Gasteiger partial charge in [0, 0.05) is 29.5 Å². The smallest absolute Gasteiger partial charge is 0.336 e. The number of thiophene rings is 1. The standard InChI is InChI=1S/C11H13N3O2S/c1-2-14-6-9(4-13-14)12-5-10-3-8(7-17-10)11(15)16/h3-4,6-7,12H,2,5H2,1H3,(H,15,16). The number of aryl methyl sites for hydroxylation is 1. The Kier molecular flexibility index (Phi) is 3.43. The van der Waals surface area contributed by atoms with Crippen molar-refractivity contribution < 1.29 is 9.90 Å². The lowest BCUT2D eigenvalue weighted by Gasteiger charge is -1.99. The van der Waals surface area contributed by atoms with Crippen LogP contribution < -0.4 is 5.32 Å². The van der Waals surface area contributed by atoms with Crippen LogP contribution in [0.3, 0.4) is 0 Å². The molecule has 0 saturated heterocycles. The van der Waals surface area contributed by atoms with E-state index in [4.69, 9.17) is 5.11 Å². The van der Waals surface area contributed by atoms with E-state index >= 15 is 0 Å². The third-order valence-corrected chi connectivity index (χ3v) is 3.26. The molecule has 2 aromatic rings. The molecule has 90 valence electrons. The monoisotopic (exact) mass is 251 g/mol. The highest BCUT2D eigenvalue weighted by Crippen LogP contribution is 2.16. The Bertz CT molecular complexity index is 518. The highest BCUT2D eigenvalue weighted by Gasteiger charge is 2.06. The maximum absolute atomic E-state index is 10.7. The molecule has 2 aromatic heterocycles. The molecule has 0 aliphatic heterocycles. The van der Waals surface area contributed by atoms with Gasteiger partial charge in [0.25, 0.3) is 0 Å². The topological polar surface area (TPSA) is 67.2 Å². The average Bonchev–Trinajstić information content (AvgIpc) is 2.95. The van der Waals surface area contributed by atoms with E-state index in [1.54, 1.807) is 17.6 Å². The molecule has 0 radical (unpaired) electrons. The van der Waals surface area contributed by atoms with Crippen LogP contribution >= 0.6 is 11.3 Å². The highest BCUT2D eigenvalue weighted by atomic mass is 32.1. The molecule has 0 fully saturated rings. The normalized spacial score (nSPS) is 10.4. The number of rotatable bonds is 5. The first-order chi connectivity index (χ1) is 8.19. The van der Waals surface area contributed by atoms with Crippen LogP contribution in [0, 0.1) is 0 Å². The fourth-order valence-electron chi connectivity index (χ4n) is 1.40. The number of carboxylic acids is 1. The molecular weight excluding hydrogens is 238 g/mol. The summed E-state index contributed by atoms with van der Waals surface area (Å²) in [5.74, 6) is -0.883. The maximum atomic E-state index is 10.7. The third-order valence-electron chi connectivity index (χ3n) is 2.32. The Morgan fingerprint density at radius 3 is 3.06 bits per heavy atom. The van der Waals surface area contributed by atoms with E-state index in [9.17, 15) is 4.79 Å². The number of hydrogen-bond donors (Lipinski definition) is 2. The lowest BCUT2D eigenvalue weighted by Crippen LogP contribution is -1.97. The van der Waals surface area contributed by atoms with Crippen LogP contribution in [0.4, 0.5) is 5.69 Å². The fraction of sp³-hybridized carbons (Fsp3) is 0.273. The second-order valence-electron chi connectivity index (χ2n) is 3.55. The summed E-state index contributed by atoms with van der Waals surface area (Å²) >= 11 is 1.44. The predicted molar refractivity (Wildman–Crippen MR) is 66.5 cm³/mol. The molecule has 5 nitrogen and oxygen atoms in total. The number of nitrogens with one attached hydrogen (secondary N) is 1. The van der Waals surface area contributed by atoms with Gasteiger partial charge in [-0.3, -0.25) is 4.68 Å². The molecule has 0 unspecified atom stereocenters. The molecule has 0 spiro atoms. The average molecular weight is 251 g/mol. The molecular formula is C11H13N3O2S. The summed E-state index contributed by atoms with van der Waals surface area (Å²) in [5, 5.41) is 17.8. The molecule has 0 amide bonds. The van der Waals surface area contributed by atoms with Crippen LogP contribution in [-0.2, 0) is 13.1 Å². The summed E-state index contributed by atoms with van der Waals surface area (Å²) in [4.78, 5) is 11.7. The van der Waals surface area contributed by atoms with Crippen LogP contribution in [0.2, 0.25) is 0 Å². The zero-order chi connectivity index (χ0) is 12.3. The van der Waals surface area contributed by atoms with E-state index in [1.165, 1.54) is 11.3 Å². The van der Waals surface area contributed by atoms with Crippen molar-refractivity contribution in [3.63, 3.8) is 0 Å². The summed E-state index contributed by atoms with van der Waals surface area (Å²) in [6.45, 7) is 3.48. The van der Waals surface area contributed by atoms with Gasteiger partial charge in [0.1, 0.15) is 0 Å². The van der Waals surface area contributed by atoms with E-state index in [0.717, 1.165) is 17.1 Å². The van der Waals surface area contributed by atoms with E-state index in [-0.39, 0.29) is 0 Å². The Morgan fingerprint density at radius 2 is 2.47 bits per heavy atom. The van der Waals surface area contributed by atoms with Crippen molar-refractivity contribution in [2.75, 3.05) is 5.32 Å². The van der Waals surface area contributed by atoms with Gasteiger partial charge in [-0.25, -0.2) is 4.79 Å². The quantitative estimate of drug-likeness (QED) is 0.855. The summed E-state index contributed by atoms with van der Waals surface area (Å²) in [7, 11) is 0. The lowest BCUT2D eigenvalue weighted by atomic mass is 10.3. The van der Waals surface area contributed by atoms with Crippen LogP contribution in [-0.4, -0.2) is 20.9 Å². The molecule has 0 aliphatic rings. The molecule has 17 heavy (non-hydrogen) atoms. The summed E-state index contributed by atoms with van der Waals surface area (Å²) in [5.41, 5.74) is 1.29. The van der Waals surface area contributed by atoms with Gasteiger partial charge in [-0.05, 0) is 13.0 Å². The number of aromatic nitrogens is 2. The van der Waals surface area contributed by atoms with Crippen molar-refractivity contribution in [1.82, 2.24) is 9.78 Å². The third kappa shape index (κ3) is 2.85. The van der Waals surface area contributed by atoms with Crippen LogP contribution in [0.1, 0.15) is 22.2 Å². The number of hydrogen-bond acceptors (Lipinski definition) is 4. The van der Waals surface area contributed by atoms with Crippen molar-refractivity contribution in [2.24, 2.45) is 0 Å². The second kappa shape index (κ2) is 5.01. The minimum Gasteiger partial charge on any atom is -0.478 e. The molecule has 0 aliphatic carbocycles. The van der Waals surface area contributed by atoms with E-state index in [0.29, 0.717) is 12.1 Å². The minimum absolute atomic E-state index is 0.344. The Labute approximate surface area is 103 Å². The van der Waals surface area contributed by atoms with E-state index in [2.05, 4.69) is 10.4 Å². The van der Waals surface area contributed by atoms with Gasteiger partial charge in [-0.15, -0.1) is 11.3 Å². The van der Waals surface area contributed by atoms with Gasteiger partial charge >= 0.3 is 5.97 Å². The molecule has 0 atom stereocenters. The fourth-order valence-corrected chi connectivity index (χ4v) is 2.20. The van der Waals surface area contributed by atoms with Crippen molar-refractivity contribution in [3.05, 3.63) is 34.3 Å². The zero-order valence-corrected chi connectivity index (χ0v) is 10.2. The van der Waals surface area contributed by atoms with Gasteiger partial charge in [-0.2, -0.15) is 5.10 Å². The number of anilines is 1. The number of nitrogens with zero attached hydrogens (tertiary/aromatic N) is 2. The van der Waals surface area contributed by atoms with Gasteiger partial charge < -0.3 is 10.4 Å². The first-order valence-corrected chi connectivity index (χ1v) is 6.14. The SMILES string of the molecule is CCn1cc(NCc2cc(C(=O)O)cs2)cn1. The zero-order valence-electron chi connectivity index (χ0n) is 9.38. The van der Waals surface area contributed by atoms with Gasteiger partial charge in [0.15, 0.2) is 0 Å². The summed E-state index contributed by atoms with van der Waals surface area (Å²) < 4.78 is 1.83. The van der Waals surface area contributed by atoms with Gasteiger partial charge in [-0.1, -0.05) is 0 Å². The summed E-state index contributed by atoms with van der Waals surface area (Å²) in [6, 6.07) is 1.68. The van der Waals surface area contributed by atoms with Crippen molar-refractivity contribution in [3.8, 4) is 0 Å². The molecule has 0 saturated carbocycles. The summed E-state index contributed by atoms with van der Waals surface area (Å²) in [6.07, 6.45) is 3.68. The Morgan fingerprint density at radius 1 is 1.65 bits per heavy atom. The minimum atomic E-state index is -0.883. The molecule has 0 bridgehead atoms. The van der Waals surface area contributed by atoms with Gasteiger partial charge in [0.2, 0.25) is 0 Å². The lowest BCUT2D eigenvalue weighted by molar-refractivity contribution is 0.0697.